The number of carbonyl (C=O) groups excluding carboxylic acids is 1. The van der Waals surface area contributed by atoms with Gasteiger partial charge in [-0.3, -0.25) is 5.32 Å². The van der Waals surface area contributed by atoms with Crippen LogP contribution in [0.15, 0.2) is 36.4 Å². The summed E-state index contributed by atoms with van der Waals surface area (Å²) in [5.41, 5.74) is 1.04. The fourth-order valence-electron chi connectivity index (χ4n) is 1.20. The Hall–Kier alpha value is -1.90. The van der Waals surface area contributed by atoms with E-state index in [1.807, 2.05) is 35.6 Å². The maximum absolute atomic E-state index is 10.5. The maximum atomic E-state index is 10.5. The van der Waals surface area contributed by atoms with Crippen LogP contribution in [-0.2, 0) is 4.79 Å². The zero-order valence-electron chi connectivity index (χ0n) is 10.6. The summed E-state index contributed by atoms with van der Waals surface area (Å²) in [7, 11) is 0. The van der Waals surface area contributed by atoms with Crippen molar-refractivity contribution in [2.24, 2.45) is 0 Å². The minimum atomic E-state index is -5.19. The molecule has 0 bridgehead atoms. The molecule has 22 heavy (non-hydrogen) atoms. The summed E-state index contributed by atoms with van der Waals surface area (Å²) in [6.07, 6.45) is -5.19. The Labute approximate surface area is 132 Å². The van der Waals surface area contributed by atoms with Crippen molar-refractivity contribution in [2.75, 3.05) is 0 Å². The van der Waals surface area contributed by atoms with Crippen LogP contribution < -0.4 is 10.4 Å². The number of rotatable bonds is 2. The second-order valence-electron chi connectivity index (χ2n) is 3.72. The molecule has 2 N–H and O–H groups in total. The minimum absolute atomic E-state index is 0.157. The van der Waals surface area contributed by atoms with Gasteiger partial charge in [0.25, 0.3) is 0 Å². The molecule has 2 aromatic rings. The fraction of sp³-hybridized carbons (Fsp3) is 0.0833. The van der Waals surface area contributed by atoms with Crippen molar-refractivity contribution in [3.05, 3.63) is 46.8 Å². The molecule has 0 saturated heterocycles. The topological polar surface area (TPSA) is 82.5 Å². The van der Waals surface area contributed by atoms with E-state index in [2.05, 4.69) is 9.97 Å². The standard InChI is InChI=1S/C10H7Cl2N3.C2HF3O2/c11-8-6-9(15-10(12)14-8)13-7-4-2-1-3-5-7;3-2(4,5)1(6)7/h1-6H,(H,13,14,15);(H,6,7). The highest BCUT2D eigenvalue weighted by molar-refractivity contribution is 6.31. The number of nitrogens with zero attached hydrogens (tertiary/aromatic N) is 2. The number of para-hydroxylation sites is 1. The van der Waals surface area contributed by atoms with Gasteiger partial charge in [-0.1, -0.05) is 29.8 Å². The number of carbonyl (C=O) groups is 1. The summed E-state index contributed by atoms with van der Waals surface area (Å²) < 4.78 is 31.5. The zero-order valence-corrected chi connectivity index (χ0v) is 12.2. The van der Waals surface area contributed by atoms with Gasteiger partial charge in [0.2, 0.25) is 11.1 Å². The molecule has 0 saturated carbocycles. The molecule has 1 aromatic heterocycles. The fourth-order valence-corrected chi connectivity index (χ4v) is 1.62. The van der Waals surface area contributed by atoms with Gasteiger partial charge in [0.1, 0.15) is 16.8 Å². The molecule has 0 spiro atoms. The number of hydrogen-bond donors (Lipinski definition) is 1. The van der Waals surface area contributed by atoms with Gasteiger partial charge in [-0.05, 0) is 23.7 Å². The molecule has 118 valence electrons. The number of nitrogens with two attached hydrogens (primary N) is 1. The molecule has 0 aliphatic carbocycles. The summed E-state index contributed by atoms with van der Waals surface area (Å²) in [4.78, 5) is 16.6. The minimum Gasteiger partial charge on any atom is -0.542 e. The van der Waals surface area contributed by atoms with Crippen LogP contribution in [0.1, 0.15) is 0 Å². The Morgan fingerprint density at radius 3 is 2.14 bits per heavy atom. The average Bonchev–Trinajstić information content (AvgIpc) is 2.38. The van der Waals surface area contributed by atoms with E-state index in [-0.39, 0.29) is 5.28 Å². The smallest absolute Gasteiger partial charge is 0.430 e. The molecular weight excluding hydrogens is 346 g/mol. The van der Waals surface area contributed by atoms with Crippen LogP contribution in [-0.4, -0.2) is 22.1 Å². The summed E-state index contributed by atoms with van der Waals surface area (Å²) in [6.45, 7) is 0. The predicted molar refractivity (Wildman–Crippen MR) is 70.8 cm³/mol. The van der Waals surface area contributed by atoms with E-state index in [4.69, 9.17) is 33.1 Å². The summed E-state index contributed by atoms with van der Waals surface area (Å²) >= 11 is 11.5. The van der Waals surface area contributed by atoms with E-state index in [0.29, 0.717) is 11.0 Å². The Morgan fingerprint density at radius 2 is 1.68 bits per heavy atom. The van der Waals surface area contributed by atoms with Gasteiger partial charge >= 0.3 is 6.18 Å². The van der Waals surface area contributed by atoms with Crippen LogP contribution in [0.4, 0.5) is 24.7 Å². The van der Waals surface area contributed by atoms with E-state index < -0.39 is 12.1 Å². The van der Waals surface area contributed by atoms with Crippen molar-refractivity contribution in [3.8, 4) is 0 Å². The molecule has 0 fully saturated rings. The van der Waals surface area contributed by atoms with Gasteiger partial charge in [-0.2, -0.15) is 18.2 Å². The van der Waals surface area contributed by atoms with Crippen molar-refractivity contribution in [1.29, 1.82) is 0 Å². The van der Waals surface area contributed by atoms with Crippen molar-refractivity contribution in [2.45, 2.75) is 6.18 Å². The highest BCUT2D eigenvalue weighted by atomic mass is 35.5. The molecule has 10 heteroatoms. The normalized spacial score (nSPS) is 10.6. The molecule has 0 radical (unpaired) electrons. The summed E-state index contributed by atoms with van der Waals surface area (Å²) in [5.74, 6) is -2.31. The third-order valence-corrected chi connectivity index (χ3v) is 2.40. The molecular formula is C12H8Cl2F3N3O2. The number of quaternary nitrogens is 1. The summed E-state index contributed by atoms with van der Waals surface area (Å²) in [6, 6.07) is 11.5. The van der Waals surface area contributed by atoms with Crippen LogP contribution in [0.5, 0.6) is 0 Å². The van der Waals surface area contributed by atoms with Crippen LogP contribution in [0, 0.1) is 0 Å². The van der Waals surface area contributed by atoms with E-state index in [9.17, 15) is 13.2 Å². The first-order valence-electron chi connectivity index (χ1n) is 5.56. The molecule has 1 aromatic carbocycles. The monoisotopic (exact) mass is 353 g/mol. The number of halogens is 5. The lowest BCUT2D eigenvalue weighted by molar-refractivity contribution is -0.483. The Kier molecular flexibility index (Phi) is 6.54. The van der Waals surface area contributed by atoms with Gasteiger partial charge in [0, 0.05) is 0 Å². The van der Waals surface area contributed by atoms with Crippen molar-refractivity contribution in [3.63, 3.8) is 0 Å². The lowest BCUT2D eigenvalue weighted by atomic mass is 10.3. The second kappa shape index (κ2) is 7.92. The maximum Gasteiger partial charge on any atom is 0.430 e. The molecule has 0 unspecified atom stereocenters. The molecule has 0 aliphatic heterocycles. The van der Waals surface area contributed by atoms with Gasteiger partial charge in [-0.15, -0.1) is 0 Å². The number of benzene rings is 1. The quantitative estimate of drug-likeness (QED) is 0.505. The zero-order chi connectivity index (χ0) is 16.8. The predicted octanol–water partition coefficient (Wildman–Crippen LogP) is 1.61. The molecule has 0 atom stereocenters. The number of aromatic nitrogens is 2. The van der Waals surface area contributed by atoms with Crippen molar-refractivity contribution >= 4 is 40.7 Å². The lowest BCUT2D eigenvalue weighted by Gasteiger charge is -2.03. The first kappa shape index (κ1) is 18.1. The first-order chi connectivity index (χ1) is 10.2. The molecule has 2 rings (SSSR count). The Bertz CT molecular complexity index is 619. The molecule has 1 heterocycles. The molecule has 0 aliphatic rings. The Morgan fingerprint density at radius 1 is 1.14 bits per heavy atom. The number of hydrogen-bond acceptors (Lipinski definition) is 4. The van der Waals surface area contributed by atoms with Crippen molar-refractivity contribution in [1.82, 2.24) is 9.97 Å². The van der Waals surface area contributed by atoms with Gasteiger partial charge in [0.15, 0.2) is 0 Å². The van der Waals surface area contributed by atoms with E-state index in [0.717, 1.165) is 5.69 Å². The van der Waals surface area contributed by atoms with Crippen LogP contribution in [0.25, 0.3) is 0 Å². The number of carboxylic acids is 1. The highest BCUT2D eigenvalue weighted by Gasteiger charge is 2.28. The Balaban J connectivity index is 0.000000295. The summed E-state index contributed by atoms with van der Waals surface area (Å²) in [5, 5.41) is 11.2. The van der Waals surface area contributed by atoms with E-state index >= 15 is 0 Å². The van der Waals surface area contributed by atoms with Gasteiger partial charge in [0.05, 0.1) is 6.07 Å². The number of carboxylic acid groups (broad SMARTS) is 1. The van der Waals surface area contributed by atoms with Crippen LogP contribution >= 0.6 is 23.2 Å². The van der Waals surface area contributed by atoms with Crippen LogP contribution in [0.3, 0.4) is 0 Å². The second-order valence-corrected chi connectivity index (χ2v) is 4.45. The van der Waals surface area contributed by atoms with Gasteiger partial charge in [-0.25, -0.2) is 4.98 Å². The number of aliphatic carboxylic acids is 1. The van der Waals surface area contributed by atoms with E-state index in [1.54, 1.807) is 6.07 Å². The van der Waals surface area contributed by atoms with Gasteiger partial charge < -0.3 is 9.90 Å². The molecule has 0 amide bonds. The lowest BCUT2D eigenvalue weighted by Crippen LogP contribution is -2.71. The SMILES string of the molecule is Clc1cc([NH2+]c2ccccc2)nc(Cl)n1.O=C([O-])C(F)(F)F. The third kappa shape index (κ3) is 6.70. The van der Waals surface area contributed by atoms with E-state index in [1.165, 1.54) is 0 Å². The first-order valence-corrected chi connectivity index (χ1v) is 6.32. The molecule has 5 nitrogen and oxygen atoms in total. The average molecular weight is 354 g/mol. The van der Waals surface area contributed by atoms with Crippen LogP contribution in [0.2, 0.25) is 10.4 Å². The third-order valence-electron chi connectivity index (χ3n) is 2.03. The van der Waals surface area contributed by atoms with Crippen molar-refractivity contribution < 1.29 is 28.4 Å². The largest absolute Gasteiger partial charge is 0.542 e. The highest BCUT2D eigenvalue weighted by Crippen LogP contribution is 2.12. The number of alkyl halides is 3.